The SMILES string of the molecule is [N-]=[N+]=N[C@]1(COC(=O)c2cccc(Cl)c2)OC(n2ccc(NCC(N)=O)nc2=O)[C@@H](F)C1OC(=O)c1ccccc1. The number of esters is 2. The summed E-state index contributed by atoms with van der Waals surface area (Å²) in [6.45, 7) is -1.23. The maximum absolute atomic E-state index is 16.1. The maximum Gasteiger partial charge on any atom is 0.351 e. The quantitative estimate of drug-likeness (QED) is 0.155. The molecule has 1 aliphatic rings. The van der Waals surface area contributed by atoms with Crippen LogP contribution in [0.15, 0.2) is 76.8 Å². The van der Waals surface area contributed by atoms with E-state index in [9.17, 15) is 24.7 Å². The number of azide groups is 1. The number of rotatable bonds is 10. The van der Waals surface area contributed by atoms with Crippen LogP contribution in [0.4, 0.5) is 10.2 Å². The summed E-state index contributed by atoms with van der Waals surface area (Å²) in [5.41, 5.74) is 11.0. The van der Waals surface area contributed by atoms with Gasteiger partial charge in [-0.15, -0.1) is 0 Å². The molecule has 0 bridgehead atoms. The van der Waals surface area contributed by atoms with E-state index >= 15 is 4.39 Å². The van der Waals surface area contributed by atoms with E-state index in [1.165, 1.54) is 42.5 Å². The minimum atomic E-state index is -2.44. The monoisotopic (exact) mass is 585 g/mol. The van der Waals surface area contributed by atoms with Crippen molar-refractivity contribution in [2.24, 2.45) is 10.8 Å². The van der Waals surface area contributed by atoms with Crippen LogP contribution in [-0.4, -0.2) is 58.5 Å². The number of amides is 1. The van der Waals surface area contributed by atoms with Crippen LogP contribution in [0.1, 0.15) is 26.9 Å². The average molecular weight is 586 g/mol. The molecule has 2 aromatic carbocycles. The van der Waals surface area contributed by atoms with E-state index in [1.807, 2.05) is 0 Å². The predicted molar refractivity (Wildman–Crippen MR) is 140 cm³/mol. The molecule has 0 saturated carbocycles. The third-order valence-corrected chi connectivity index (χ3v) is 6.04. The molecular formula is C25H21ClFN7O7. The summed E-state index contributed by atoms with van der Waals surface area (Å²) >= 11 is 5.93. The summed E-state index contributed by atoms with van der Waals surface area (Å²) in [6, 6.07) is 14.5. The molecule has 1 fully saturated rings. The normalized spacial score (nSPS) is 21.4. The summed E-state index contributed by atoms with van der Waals surface area (Å²) < 4.78 is 33.2. The number of anilines is 1. The van der Waals surface area contributed by atoms with E-state index in [4.69, 9.17) is 31.5 Å². The highest BCUT2D eigenvalue weighted by Gasteiger charge is 2.60. The fourth-order valence-corrected chi connectivity index (χ4v) is 4.11. The number of nitrogens with zero attached hydrogens (tertiary/aromatic N) is 5. The standard InChI is InChI=1S/C25H21ClFN7O7/c26-16-8-4-7-15(11-16)22(36)39-13-25(32-33-29)20(40-23(37)14-5-2-1-3-6-14)19(27)21(41-25)34-10-9-18(31-24(34)38)30-12-17(28)35/h1-11,19-21H,12-13H2,(H2,28,35)(H,30,31,38)/t19-,20?,21?,25+/m0/s1. The molecule has 212 valence electrons. The molecule has 2 heterocycles. The Balaban J connectivity index is 1.68. The Bertz CT molecular complexity index is 1570. The smallest absolute Gasteiger partial charge is 0.351 e. The summed E-state index contributed by atoms with van der Waals surface area (Å²) in [5, 5.41) is 6.28. The van der Waals surface area contributed by atoms with Crippen molar-refractivity contribution in [3.8, 4) is 0 Å². The Morgan fingerprint density at radius 2 is 1.90 bits per heavy atom. The van der Waals surface area contributed by atoms with Crippen LogP contribution >= 0.6 is 11.6 Å². The van der Waals surface area contributed by atoms with E-state index in [2.05, 4.69) is 20.3 Å². The Morgan fingerprint density at radius 3 is 2.56 bits per heavy atom. The first kappa shape index (κ1) is 29.0. The molecule has 1 saturated heterocycles. The van der Waals surface area contributed by atoms with Gasteiger partial charge in [-0.1, -0.05) is 41.0 Å². The third kappa shape index (κ3) is 6.61. The van der Waals surface area contributed by atoms with Gasteiger partial charge in [0, 0.05) is 16.1 Å². The average Bonchev–Trinajstić information content (AvgIpc) is 3.22. The molecule has 3 N–H and O–H groups in total. The maximum atomic E-state index is 16.1. The van der Waals surface area contributed by atoms with Crippen molar-refractivity contribution in [2.45, 2.75) is 24.2 Å². The van der Waals surface area contributed by atoms with Gasteiger partial charge in [0.15, 0.2) is 18.5 Å². The van der Waals surface area contributed by atoms with Crippen molar-refractivity contribution in [3.05, 3.63) is 104 Å². The molecule has 41 heavy (non-hydrogen) atoms. The fraction of sp³-hybridized carbons (Fsp3) is 0.240. The van der Waals surface area contributed by atoms with Crippen molar-refractivity contribution >= 4 is 35.3 Å². The molecule has 1 aliphatic heterocycles. The Morgan fingerprint density at radius 1 is 1.17 bits per heavy atom. The zero-order valence-electron chi connectivity index (χ0n) is 20.9. The Labute approximate surface area is 235 Å². The molecule has 0 spiro atoms. The van der Waals surface area contributed by atoms with Crippen LogP contribution in [0.2, 0.25) is 5.02 Å². The van der Waals surface area contributed by atoms with E-state index in [-0.39, 0.29) is 28.5 Å². The van der Waals surface area contributed by atoms with Gasteiger partial charge in [0.2, 0.25) is 11.6 Å². The van der Waals surface area contributed by atoms with Gasteiger partial charge < -0.3 is 25.3 Å². The highest BCUT2D eigenvalue weighted by atomic mass is 35.5. The number of hydrogen-bond donors (Lipinski definition) is 2. The number of hydrogen-bond acceptors (Lipinski definition) is 10. The number of nitrogens with two attached hydrogens (primary N) is 1. The second kappa shape index (κ2) is 12.5. The van der Waals surface area contributed by atoms with Gasteiger partial charge in [-0.25, -0.2) is 18.8 Å². The van der Waals surface area contributed by atoms with Crippen LogP contribution < -0.4 is 16.7 Å². The van der Waals surface area contributed by atoms with Crippen LogP contribution in [0.3, 0.4) is 0 Å². The van der Waals surface area contributed by atoms with E-state index in [1.54, 1.807) is 18.2 Å². The number of nitrogens with one attached hydrogen (secondary N) is 1. The Kier molecular flexibility index (Phi) is 8.82. The van der Waals surface area contributed by atoms with Crippen molar-refractivity contribution in [1.82, 2.24) is 9.55 Å². The van der Waals surface area contributed by atoms with Crippen molar-refractivity contribution in [2.75, 3.05) is 18.5 Å². The van der Waals surface area contributed by atoms with Crippen molar-refractivity contribution in [1.29, 1.82) is 0 Å². The summed E-state index contributed by atoms with van der Waals surface area (Å²) in [5.74, 6) is -2.69. The number of primary amides is 1. The van der Waals surface area contributed by atoms with Crippen LogP contribution in [0.5, 0.6) is 0 Å². The number of carbonyl (C=O) groups excluding carboxylic acids is 3. The lowest BCUT2D eigenvalue weighted by atomic mass is 10.1. The summed E-state index contributed by atoms with van der Waals surface area (Å²) in [4.78, 5) is 55.8. The molecule has 4 rings (SSSR count). The summed E-state index contributed by atoms with van der Waals surface area (Å²) in [6.07, 6.45) is -5.05. The van der Waals surface area contributed by atoms with Gasteiger partial charge in [-0.2, -0.15) is 4.98 Å². The van der Waals surface area contributed by atoms with Crippen molar-refractivity contribution < 1.29 is 33.0 Å². The summed E-state index contributed by atoms with van der Waals surface area (Å²) in [7, 11) is 0. The zero-order valence-corrected chi connectivity index (χ0v) is 21.7. The van der Waals surface area contributed by atoms with Gasteiger partial charge in [-0.3, -0.25) is 9.36 Å². The van der Waals surface area contributed by atoms with Gasteiger partial charge in [0.1, 0.15) is 12.4 Å². The fourth-order valence-electron chi connectivity index (χ4n) is 3.92. The predicted octanol–water partition coefficient (Wildman–Crippen LogP) is 2.75. The lowest BCUT2D eigenvalue weighted by Crippen LogP contribution is -2.47. The van der Waals surface area contributed by atoms with Crippen LogP contribution in [0.25, 0.3) is 10.4 Å². The van der Waals surface area contributed by atoms with E-state index in [0.29, 0.717) is 0 Å². The molecule has 2 unspecified atom stereocenters. The highest BCUT2D eigenvalue weighted by molar-refractivity contribution is 6.30. The number of benzene rings is 2. The van der Waals surface area contributed by atoms with E-state index in [0.717, 1.165) is 10.8 Å². The lowest BCUT2D eigenvalue weighted by Gasteiger charge is -2.28. The second-order valence-electron chi connectivity index (χ2n) is 8.59. The molecule has 1 amide bonds. The van der Waals surface area contributed by atoms with Gasteiger partial charge in [0.25, 0.3) is 0 Å². The molecule has 3 aromatic rings. The number of ether oxygens (including phenoxy) is 3. The molecule has 0 radical (unpaired) electrons. The molecule has 1 aromatic heterocycles. The minimum Gasteiger partial charge on any atom is -0.459 e. The van der Waals surface area contributed by atoms with Crippen LogP contribution in [-0.2, 0) is 19.0 Å². The zero-order chi connectivity index (χ0) is 29.6. The first-order valence-corrected chi connectivity index (χ1v) is 12.2. The third-order valence-electron chi connectivity index (χ3n) is 5.81. The topological polar surface area (TPSA) is 201 Å². The second-order valence-corrected chi connectivity index (χ2v) is 9.02. The van der Waals surface area contributed by atoms with Crippen molar-refractivity contribution in [3.63, 3.8) is 0 Å². The molecular weight excluding hydrogens is 565 g/mol. The number of halogens is 2. The first-order valence-electron chi connectivity index (χ1n) is 11.8. The number of carbonyl (C=O) groups is 3. The largest absolute Gasteiger partial charge is 0.459 e. The molecule has 16 heteroatoms. The number of aromatic nitrogens is 2. The first-order chi connectivity index (χ1) is 19.6. The molecule has 14 nitrogen and oxygen atoms in total. The lowest BCUT2D eigenvalue weighted by molar-refractivity contribution is -0.129. The van der Waals surface area contributed by atoms with Gasteiger partial charge in [-0.05, 0) is 41.9 Å². The molecule has 0 aliphatic carbocycles. The van der Waals surface area contributed by atoms with E-state index < -0.39 is 54.4 Å². The Hall–Kier alpha value is -4.98. The highest BCUT2D eigenvalue weighted by Crippen LogP contribution is 2.42. The van der Waals surface area contributed by atoms with Gasteiger partial charge in [0.05, 0.1) is 17.7 Å². The molecule has 4 atom stereocenters. The minimum absolute atomic E-state index is 0.0252. The number of alkyl halides is 1. The van der Waals surface area contributed by atoms with Crippen LogP contribution in [0, 0.1) is 0 Å². The van der Waals surface area contributed by atoms with Gasteiger partial charge >= 0.3 is 17.6 Å².